The van der Waals surface area contributed by atoms with Gasteiger partial charge in [0.05, 0.1) is 64.1 Å². The van der Waals surface area contributed by atoms with Crippen LogP contribution in [0, 0.1) is 46.3 Å². The summed E-state index contributed by atoms with van der Waals surface area (Å²) in [6.07, 6.45) is -53.0. The van der Waals surface area contributed by atoms with E-state index in [2.05, 4.69) is 26.8 Å². The third-order valence-corrected chi connectivity index (χ3v) is 25.8. The molecule has 0 amide bonds. The van der Waals surface area contributed by atoms with E-state index in [9.17, 15) is 112 Å². The minimum atomic E-state index is -2.12. The summed E-state index contributed by atoms with van der Waals surface area (Å²) in [5.74, 6) is -0.925. The molecule has 0 aromatic carbocycles. The highest BCUT2D eigenvalue weighted by atomic mass is 16.8. The number of aliphatic hydroxyl groups is 22. The van der Waals surface area contributed by atoms with Crippen molar-refractivity contribution >= 4 is 0 Å². The normalized spacial score (nSPS) is 55.1. The van der Waals surface area contributed by atoms with Crippen molar-refractivity contribution < 1.29 is 183 Å². The molecule has 8 saturated heterocycles. The van der Waals surface area contributed by atoms with Crippen molar-refractivity contribution in [3.05, 3.63) is 11.6 Å². The number of rotatable bonds is 23. The van der Waals surface area contributed by atoms with Gasteiger partial charge in [0.15, 0.2) is 49.8 Å². The molecule has 0 radical (unpaired) electrons. The molecule has 0 spiro atoms. The molecular formula is C69H114O37. The fraction of sp³-hybridized carbons (Fsp3) is 0.971. The molecule has 22 N–H and O–H groups in total. The van der Waals surface area contributed by atoms with Crippen LogP contribution in [0.15, 0.2) is 11.6 Å². The standard InChI is InChI=1S/C69H114O37/c1-23(21-92-61-50(85)44(79)39(74)33(17-70)97-61)9-14-69(91)24(2)38-32(106-69)16-31-29-8-7-27-15-28(10-12-67(27,5)30(29)11-13-68(31,38)6)96-66-59(58(43(78)36(20-73)100-66)104-64-52(87)46(81)41(76)35(19-72)99-64)105-65-53(88)47(82)42(77)37(101-65)22-93-60-54(89)48(83)56(25(3)94-60)102-62-55(90)49(84)57(26(4)95-62)103-63-51(86)45(80)40(75)34(18-71)98-63/h7,23-26,28-66,70-91H,8-22H2,1-6H3/t23?,24-,25-,26-,28-,29+,30-,31-,32-,33+,34+,35+,36+,37+,38-,39+,40+,41+,42+,43+,44-,45-,46-,47-,48-,49-,50+,51+,52+,53+,54+,55+,56-,57-,58-,59+,60+,61+,62-,63-,64-,65-,66+,67-,68-,69+/m0/s1. The van der Waals surface area contributed by atoms with E-state index >= 15 is 0 Å². The smallest absolute Gasteiger partial charge is 0.187 e. The molecule has 4 aliphatic carbocycles. The first-order chi connectivity index (χ1) is 50.1. The fourth-order valence-corrected chi connectivity index (χ4v) is 19.3. The average molecular weight is 1540 g/mol. The monoisotopic (exact) mass is 1530 g/mol. The predicted molar refractivity (Wildman–Crippen MR) is 347 cm³/mol. The Morgan fingerprint density at radius 3 is 1.43 bits per heavy atom. The molecule has 12 aliphatic rings. The summed E-state index contributed by atoms with van der Waals surface area (Å²) < 4.78 is 90.3. The lowest BCUT2D eigenvalue weighted by Crippen LogP contribution is -2.67. The molecule has 46 atom stereocenters. The van der Waals surface area contributed by atoms with Crippen LogP contribution in [0.3, 0.4) is 0 Å². The summed E-state index contributed by atoms with van der Waals surface area (Å²) in [7, 11) is 0. The first-order valence-electron chi connectivity index (χ1n) is 37.3. The number of fused-ring (bicyclic) bond motifs is 7. The van der Waals surface area contributed by atoms with Gasteiger partial charge in [0, 0.05) is 12.3 Å². The van der Waals surface area contributed by atoms with Crippen molar-refractivity contribution in [2.24, 2.45) is 46.3 Å². The van der Waals surface area contributed by atoms with Gasteiger partial charge in [-0.3, -0.25) is 0 Å². The van der Waals surface area contributed by atoms with Gasteiger partial charge >= 0.3 is 0 Å². The Morgan fingerprint density at radius 1 is 0.453 bits per heavy atom. The second-order valence-electron chi connectivity index (χ2n) is 32.3. The molecular weight excluding hydrogens is 1420 g/mol. The summed E-state index contributed by atoms with van der Waals surface area (Å²) in [6, 6.07) is 0. The number of ether oxygens (including phenoxy) is 15. The van der Waals surface area contributed by atoms with Gasteiger partial charge in [-0.2, -0.15) is 0 Å². The lowest BCUT2D eigenvalue weighted by Gasteiger charge is -2.58. The first kappa shape index (κ1) is 83.7. The minimum Gasteiger partial charge on any atom is -0.394 e. The topological polar surface area (TPSA) is 584 Å². The van der Waals surface area contributed by atoms with Crippen LogP contribution >= 0.6 is 0 Å². The van der Waals surface area contributed by atoms with Crippen LogP contribution in [0.25, 0.3) is 0 Å². The summed E-state index contributed by atoms with van der Waals surface area (Å²) in [4.78, 5) is 0. The number of hydrogen-bond acceptors (Lipinski definition) is 37. The maximum atomic E-state index is 12.3. The quantitative estimate of drug-likeness (QED) is 0.0423. The van der Waals surface area contributed by atoms with Gasteiger partial charge in [0.25, 0.3) is 0 Å². The second-order valence-corrected chi connectivity index (χ2v) is 32.3. The Kier molecular flexibility index (Phi) is 26.5. The van der Waals surface area contributed by atoms with E-state index in [1.807, 2.05) is 6.92 Å². The van der Waals surface area contributed by atoms with E-state index in [1.165, 1.54) is 13.8 Å². The molecule has 8 heterocycles. The van der Waals surface area contributed by atoms with Crippen molar-refractivity contribution in [2.75, 3.05) is 39.6 Å². The largest absolute Gasteiger partial charge is 0.394 e. The Hall–Kier alpha value is -1.74. The molecule has 0 aromatic heterocycles. The molecule has 3 saturated carbocycles. The zero-order valence-electron chi connectivity index (χ0n) is 60.0. The zero-order chi connectivity index (χ0) is 76.8. The van der Waals surface area contributed by atoms with Gasteiger partial charge in [-0.05, 0) is 106 Å². The van der Waals surface area contributed by atoms with Gasteiger partial charge < -0.3 is 183 Å². The van der Waals surface area contributed by atoms with E-state index in [-0.39, 0.29) is 59.0 Å². The summed E-state index contributed by atoms with van der Waals surface area (Å²) in [5.41, 5.74) is 0.666. The Labute approximate surface area is 611 Å². The average Bonchev–Trinajstić information content (AvgIpc) is 1.52. The van der Waals surface area contributed by atoms with Crippen LogP contribution in [0.4, 0.5) is 0 Å². The highest BCUT2D eigenvalue weighted by molar-refractivity contribution is 5.27. The lowest BCUT2D eigenvalue weighted by molar-refractivity contribution is -0.398. The summed E-state index contributed by atoms with van der Waals surface area (Å²) in [5, 5.41) is 239. The van der Waals surface area contributed by atoms with Gasteiger partial charge in [0.2, 0.25) is 0 Å². The Bertz CT molecular complexity index is 2870. The Morgan fingerprint density at radius 2 is 0.887 bits per heavy atom. The van der Waals surface area contributed by atoms with Crippen molar-refractivity contribution in [3.8, 4) is 0 Å². The van der Waals surface area contributed by atoms with Crippen LogP contribution < -0.4 is 0 Å². The third kappa shape index (κ3) is 15.7. The highest BCUT2D eigenvalue weighted by Gasteiger charge is 2.69. The molecule has 1 unspecified atom stereocenters. The van der Waals surface area contributed by atoms with Gasteiger partial charge in [-0.25, -0.2) is 0 Å². The molecule has 0 bridgehead atoms. The van der Waals surface area contributed by atoms with Crippen LogP contribution in [0.5, 0.6) is 0 Å². The molecule has 8 aliphatic heterocycles. The van der Waals surface area contributed by atoms with Gasteiger partial charge in [-0.15, -0.1) is 0 Å². The van der Waals surface area contributed by atoms with Crippen LogP contribution in [0.2, 0.25) is 0 Å². The SMILES string of the molecule is CC(CC[C@@]1(O)O[C@H]2C[C@H]3[C@@H]4CC=C5C[C@@H](O[C@@H]6O[C@H](CO)[C@@H](O)[C@H](O[C@@H]7O[C@H](CO)[C@@H](O)[C@H](O)[C@H]7O)[C@H]6O[C@@H]6O[C@H](CO[C@@H]7O[C@@H](C)[C@H](O[C@@H]8O[C@@H](C)[C@H](O[C@@H]9O[C@H](CO)[C@@H](O)[C@H](O)[C@H]9O)[C@@H](O)[C@H]8O)[C@@H](O)[C@H]7O)[C@@H](O)[C@H](O)[C@H]6O)CC[C@]5(C)[C@H]4CC[C@]3(C)[C@H]2[C@@H]1C)CO[C@@H]1O[C@H](CO)[C@@H](O)[C@H](O)[C@H]1O. The van der Waals surface area contributed by atoms with E-state index < -0.39 is 260 Å². The molecule has 37 nitrogen and oxygen atoms in total. The Balaban J connectivity index is 0.698. The summed E-state index contributed by atoms with van der Waals surface area (Å²) in [6.45, 7) is 7.60. The van der Waals surface area contributed by atoms with E-state index in [4.69, 9.17) is 71.1 Å². The number of allylic oxidation sites excluding steroid dienone is 1. The van der Waals surface area contributed by atoms with Crippen molar-refractivity contribution in [1.82, 2.24) is 0 Å². The van der Waals surface area contributed by atoms with Crippen LogP contribution in [0.1, 0.15) is 99.3 Å². The lowest BCUT2D eigenvalue weighted by atomic mass is 9.47. The molecule has 37 heteroatoms. The van der Waals surface area contributed by atoms with Crippen molar-refractivity contribution in [2.45, 2.75) is 332 Å². The third-order valence-electron chi connectivity index (χ3n) is 25.8. The van der Waals surface area contributed by atoms with Gasteiger partial charge in [0.1, 0.15) is 159 Å². The summed E-state index contributed by atoms with van der Waals surface area (Å²) >= 11 is 0. The molecule has 11 fully saturated rings. The van der Waals surface area contributed by atoms with E-state index in [1.54, 1.807) is 0 Å². The zero-order valence-corrected chi connectivity index (χ0v) is 60.0. The van der Waals surface area contributed by atoms with E-state index in [0.717, 1.165) is 31.3 Å². The molecule has 0 aromatic rings. The van der Waals surface area contributed by atoms with Gasteiger partial charge in [-0.1, -0.05) is 39.3 Å². The number of aliphatic hydroxyl groups excluding tert-OH is 21. The second kappa shape index (κ2) is 33.6. The fourth-order valence-electron chi connectivity index (χ4n) is 19.3. The van der Waals surface area contributed by atoms with Crippen LogP contribution in [-0.2, 0) is 71.1 Å². The maximum Gasteiger partial charge on any atom is 0.187 e. The molecule has 612 valence electrons. The first-order valence-corrected chi connectivity index (χ1v) is 37.3. The molecule has 12 rings (SSSR count). The maximum absolute atomic E-state index is 12.3. The molecule has 106 heavy (non-hydrogen) atoms. The van der Waals surface area contributed by atoms with Crippen molar-refractivity contribution in [1.29, 1.82) is 0 Å². The number of hydrogen-bond donors (Lipinski definition) is 22. The van der Waals surface area contributed by atoms with Crippen molar-refractivity contribution in [3.63, 3.8) is 0 Å². The highest BCUT2D eigenvalue weighted by Crippen LogP contribution is 2.70. The minimum absolute atomic E-state index is 0.0605. The van der Waals surface area contributed by atoms with Crippen LogP contribution in [-0.4, -0.2) is 385 Å². The predicted octanol–water partition coefficient (Wildman–Crippen LogP) is -8.51. The van der Waals surface area contributed by atoms with E-state index in [0.29, 0.717) is 32.1 Å².